The minimum Gasteiger partial charge on any atom is -0.371 e. The first-order chi connectivity index (χ1) is 19.6. The van der Waals surface area contributed by atoms with Crippen LogP contribution in [0.2, 0.25) is 0 Å². The van der Waals surface area contributed by atoms with Crippen LogP contribution < -0.4 is 15.1 Å². The monoisotopic (exact) mass is 612 g/mol. The van der Waals surface area contributed by atoms with Gasteiger partial charge in [0.1, 0.15) is 11.5 Å². The second kappa shape index (κ2) is 9.78. The van der Waals surface area contributed by atoms with E-state index in [1.165, 1.54) is 29.2 Å². The van der Waals surface area contributed by atoms with Crippen LogP contribution in [-0.4, -0.2) is 67.1 Å². The minimum absolute atomic E-state index is 0.0558. The Kier molecular flexibility index (Phi) is 6.66. The van der Waals surface area contributed by atoms with Gasteiger partial charge in [-0.3, -0.25) is 9.20 Å². The van der Waals surface area contributed by atoms with Crippen LogP contribution in [0.25, 0.3) is 5.65 Å². The van der Waals surface area contributed by atoms with Gasteiger partial charge in [0.25, 0.3) is 11.8 Å². The zero-order chi connectivity index (χ0) is 30.1. The molecular weight excluding hydrogens is 583 g/mol. The molecule has 9 nitrogen and oxygen atoms in total. The van der Waals surface area contributed by atoms with Gasteiger partial charge in [-0.05, 0) is 49.3 Å². The summed E-state index contributed by atoms with van der Waals surface area (Å²) < 4.78 is 93.9. The highest BCUT2D eigenvalue weighted by Gasteiger charge is 2.45. The van der Waals surface area contributed by atoms with Gasteiger partial charge in [-0.25, -0.2) is 22.2 Å². The van der Waals surface area contributed by atoms with Gasteiger partial charge in [0.05, 0.1) is 16.1 Å². The minimum atomic E-state index is -4.76. The molecule has 1 saturated carbocycles. The normalized spacial score (nSPS) is 20.2. The molecule has 3 aliphatic rings. The number of imidazole rings is 1. The second-order valence-electron chi connectivity index (χ2n) is 11.5. The zero-order valence-corrected chi connectivity index (χ0v) is 23.5. The fourth-order valence-corrected chi connectivity index (χ4v) is 6.35. The molecule has 0 unspecified atom stereocenters. The van der Waals surface area contributed by atoms with Crippen molar-refractivity contribution in [2.45, 2.75) is 55.5 Å². The first kappa shape index (κ1) is 28.6. The Balaban J connectivity index is 1.35. The van der Waals surface area contributed by atoms with Gasteiger partial charge in [0.15, 0.2) is 15.5 Å². The third-order valence-corrected chi connectivity index (χ3v) is 9.62. The van der Waals surface area contributed by atoms with Crippen LogP contribution in [0.1, 0.15) is 54.6 Å². The van der Waals surface area contributed by atoms with E-state index in [2.05, 4.69) is 15.3 Å². The van der Waals surface area contributed by atoms with Crippen molar-refractivity contribution in [2.24, 2.45) is 5.41 Å². The van der Waals surface area contributed by atoms with E-state index in [-0.39, 0.29) is 41.0 Å². The van der Waals surface area contributed by atoms with E-state index in [4.69, 9.17) is 0 Å². The fraction of sp³-hybridized carbons (Fsp3) is 0.519. The summed E-state index contributed by atoms with van der Waals surface area (Å²) in [5, 5.41) is 2.62. The van der Waals surface area contributed by atoms with E-state index in [0.717, 1.165) is 42.5 Å². The third-order valence-electron chi connectivity index (χ3n) is 8.51. The highest BCUT2D eigenvalue weighted by molar-refractivity contribution is 7.90. The maximum atomic E-state index is 13.8. The molecule has 15 heteroatoms. The number of fused-ring (bicyclic) bond motifs is 1. The number of amides is 1. The van der Waals surface area contributed by atoms with Crippen LogP contribution in [0, 0.1) is 5.41 Å². The summed E-state index contributed by atoms with van der Waals surface area (Å²) in [6.45, 7) is 0.991. The predicted octanol–water partition coefficient (Wildman–Crippen LogP) is 5.02. The van der Waals surface area contributed by atoms with Gasteiger partial charge in [0, 0.05) is 57.5 Å². The van der Waals surface area contributed by atoms with Crippen LogP contribution in [0.3, 0.4) is 0 Å². The van der Waals surface area contributed by atoms with Crippen molar-refractivity contribution in [1.29, 1.82) is 0 Å². The molecule has 1 aromatic carbocycles. The number of carbonyl (C=O) groups excluding carboxylic acids is 1. The van der Waals surface area contributed by atoms with Gasteiger partial charge >= 0.3 is 6.18 Å². The molecular formula is C27H29F5N6O3S. The van der Waals surface area contributed by atoms with E-state index < -0.39 is 46.4 Å². The Bertz CT molecular complexity index is 1650. The number of nitrogens with zero attached hydrogens (tertiary/aromatic N) is 5. The van der Waals surface area contributed by atoms with Crippen LogP contribution in [0.5, 0.6) is 0 Å². The molecule has 2 saturated heterocycles. The van der Waals surface area contributed by atoms with Crippen molar-refractivity contribution in [3.05, 3.63) is 41.7 Å². The lowest BCUT2D eigenvalue weighted by Crippen LogP contribution is -2.40. The lowest BCUT2D eigenvalue weighted by Gasteiger charge is -2.35. The number of alkyl halides is 5. The number of benzene rings is 1. The molecule has 1 N–H and O–H groups in total. The molecule has 1 amide bonds. The van der Waals surface area contributed by atoms with Crippen molar-refractivity contribution in [3.63, 3.8) is 0 Å². The van der Waals surface area contributed by atoms with Crippen molar-refractivity contribution in [2.75, 3.05) is 47.6 Å². The maximum absolute atomic E-state index is 13.8. The summed E-state index contributed by atoms with van der Waals surface area (Å²) in [6.07, 6.45) is 0.245. The van der Waals surface area contributed by atoms with E-state index in [1.807, 2.05) is 4.90 Å². The molecule has 2 aromatic heterocycles. The summed E-state index contributed by atoms with van der Waals surface area (Å²) in [5.74, 6) is -3.71. The summed E-state index contributed by atoms with van der Waals surface area (Å²) in [5.41, 5.74) is -0.409. The molecule has 0 atom stereocenters. The lowest BCUT2D eigenvalue weighted by molar-refractivity contribution is -0.140. The molecule has 2 aliphatic heterocycles. The number of carbonyl (C=O) groups is 1. The molecule has 226 valence electrons. The molecule has 0 radical (unpaired) electrons. The molecule has 1 spiro atoms. The van der Waals surface area contributed by atoms with Gasteiger partial charge in [-0.2, -0.15) is 18.2 Å². The number of rotatable bonds is 5. The second-order valence-corrected chi connectivity index (χ2v) is 13.5. The maximum Gasteiger partial charge on any atom is 0.434 e. The summed E-state index contributed by atoms with van der Waals surface area (Å²) >= 11 is 0. The van der Waals surface area contributed by atoms with E-state index in [0.29, 0.717) is 24.2 Å². The number of hydrogen-bond acceptors (Lipinski definition) is 7. The smallest absolute Gasteiger partial charge is 0.371 e. The Morgan fingerprint density at radius 1 is 0.929 bits per heavy atom. The molecule has 3 aromatic rings. The van der Waals surface area contributed by atoms with Crippen molar-refractivity contribution in [3.8, 4) is 0 Å². The third kappa shape index (κ3) is 5.62. The number of nitrogens with one attached hydrogen (secondary N) is 1. The van der Waals surface area contributed by atoms with Crippen molar-refractivity contribution >= 4 is 38.8 Å². The molecule has 4 heterocycles. The largest absolute Gasteiger partial charge is 0.434 e. The molecule has 42 heavy (non-hydrogen) atoms. The topological polar surface area (TPSA) is 99.9 Å². The number of anilines is 3. The Morgan fingerprint density at radius 3 is 2.17 bits per heavy atom. The average molecular weight is 613 g/mol. The Morgan fingerprint density at radius 2 is 1.57 bits per heavy atom. The number of halogens is 5. The Hall–Kier alpha value is -3.49. The highest BCUT2D eigenvalue weighted by atomic mass is 32.2. The van der Waals surface area contributed by atoms with Crippen molar-refractivity contribution in [1.82, 2.24) is 14.4 Å². The molecule has 6 rings (SSSR count). The van der Waals surface area contributed by atoms with Crippen LogP contribution >= 0.6 is 0 Å². The molecule has 1 aliphatic carbocycles. The number of hydrogen-bond donors (Lipinski definition) is 1. The summed E-state index contributed by atoms with van der Waals surface area (Å²) in [4.78, 5) is 25.1. The number of aromatic nitrogens is 3. The predicted molar refractivity (Wildman–Crippen MR) is 145 cm³/mol. The first-order valence-corrected chi connectivity index (χ1v) is 15.5. The SMILES string of the molecule is CS(=O)(=O)c1ccc(C(=O)Nc2cc3nc(C(F)(F)F)cn3c(N3CCC(F)(F)CC3)n2)c(N2CCC3(CC2)CC3)c1. The summed E-state index contributed by atoms with van der Waals surface area (Å²) in [6, 6.07) is 5.39. The van der Waals surface area contributed by atoms with Gasteiger partial charge < -0.3 is 15.1 Å². The molecule has 0 bridgehead atoms. The van der Waals surface area contributed by atoms with Gasteiger partial charge in [0.2, 0.25) is 5.95 Å². The first-order valence-electron chi connectivity index (χ1n) is 13.6. The lowest BCUT2D eigenvalue weighted by atomic mass is 9.93. The standard InChI is InChI=1S/C27H29F5N6O3S/c1-42(40,41)17-2-3-18(19(14-17)36-10-6-25(4-5-25)7-11-36)23(39)34-21-15-22-33-20(27(30,31)32)16-38(22)24(35-21)37-12-8-26(28,29)9-13-37/h2-3,14-16H,4-13H2,1H3,(H,34,39). The zero-order valence-electron chi connectivity index (χ0n) is 22.7. The van der Waals surface area contributed by atoms with Crippen LogP contribution in [0.4, 0.5) is 39.4 Å². The van der Waals surface area contributed by atoms with Crippen LogP contribution in [0.15, 0.2) is 35.4 Å². The van der Waals surface area contributed by atoms with Crippen LogP contribution in [-0.2, 0) is 16.0 Å². The van der Waals surface area contributed by atoms with Gasteiger partial charge in [-0.1, -0.05) is 0 Å². The number of piperidine rings is 2. The average Bonchev–Trinajstić information content (AvgIpc) is 3.51. The van der Waals surface area contributed by atoms with Gasteiger partial charge in [-0.15, -0.1) is 0 Å². The highest BCUT2D eigenvalue weighted by Crippen LogP contribution is 2.54. The molecule has 3 fully saturated rings. The van der Waals surface area contributed by atoms with E-state index in [1.54, 1.807) is 0 Å². The fourth-order valence-electron chi connectivity index (χ4n) is 5.71. The summed E-state index contributed by atoms with van der Waals surface area (Å²) in [7, 11) is -3.57. The quantitative estimate of drug-likeness (QED) is 0.404. The Labute approximate surface area is 238 Å². The van der Waals surface area contributed by atoms with E-state index in [9.17, 15) is 35.2 Å². The van der Waals surface area contributed by atoms with Crippen molar-refractivity contribution < 1.29 is 35.2 Å². The van der Waals surface area contributed by atoms with E-state index >= 15 is 0 Å². The number of sulfone groups is 1.